The van der Waals surface area contributed by atoms with Gasteiger partial charge in [0.2, 0.25) is 5.91 Å². The van der Waals surface area contributed by atoms with Crippen LogP contribution in [0.15, 0.2) is 12.1 Å². The largest absolute Gasteiger partial charge is 0.379 e. The van der Waals surface area contributed by atoms with Crippen molar-refractivity contribution < 1.29 is 9.53 Å². The number of hydrogen-bond donors (Lipinski definition) is 1. The Morgan fingerprint density at radius 3 is 2.84 bits per heavy atom. The monoisotopic (exact) mass is 296 g/mol. The number of anilines is 1. The van der Waals surface area contributed by atoms with Crippen molar-refractivity contribution >= 4 is 44.2 Å². The molecule has 0 radical (unpaired) electrons. The van der Waals surface area contributed by atoms with E-state index < -0.39 is 5.41 Å². The summed E-state index contributed by atoms with van der Waals surface area (Å²) in [5.41, 5.74) is 1.47. The van der Waals surface area contributed by atoms with Crippen molar-refractivity contribution in [2.75, 3.05) is 18.5 Å². The van der Waals surface area contributed by atoms with E-state index in [1.54, 1.807) is 0 Å². The number of rotatable bonds is 2. The van der Waals surface area contributed by atoms with E-state index in [-0.39, 0.29) is 5.91 Å². The highest BCUT2D eigenvalue weighted by Gasteiger charge is 2.41. The molecule has 1 aromatic carbocycles. The van der Waals surface area contributed by atoms with Gasteiger partial charge in [-0.15, -0.1) is 0 Å². The summed E-state index contributed by atoms with van der Waals surface area (Å²) in [6.45, 7) is 4.79. The summed E-state index contributed by atoms with van der Waals surface area (Å²) in [7, 11) is 0. The summed E-state index contributed by atoms with van der Waals surface area (Å²) in [6, 6.07) is 3.78. The zero-order chi connectivity index (χ0) is 13.6. The minimum atomic E-state index is -0.434. The van der Waals surface area contributed by atoms with Crippen LogP contribution in [0.25, 0.3) is 10.2 Å². The lowest BCUT2D eigenvalue weighted by Gasteiger charge is -2.35. The van der Waals surface area contributed by atoms with Gasteiger partial charge in [0, 0.05) is 0 Å². The van der Waals surface area contributed by atoms with Gasteiger partial charge in [-0.05, 0) is 25.5 Å². The van der Waals surface area contributed by atoms with Crippen LogP contribution in [0.4, 0.5) is 5.13 Å². The first-order chi connectivity index (χ1) is 8.99. The molecule has 0 spiro atoms. The Balaban J connectivity index is 1.92. The molecule has 2 heterocycles. The Morgan fingerprint density at radius 1 is 1.53 bits per heavy atom. The number of aromatic nitrogens is 1. The molecular formula is C13H13ClN2O2S. The van der Waals surface area contributed by atoms with Gasteiger partial charge < -0.3 is 10.1 Å². The van der Waals surface area contributed by atoms with Gasteiger partial charge in [-0.3, -0.25) is 4.79 Å². The number of nitrogens with zero attached hydrogens (tertiary/aromatic N) is 1. The molecule has 100 valence electrons. The molecule has 2 aromatic rings. The highest BCUT2D eigenvalue weighted by molar-refractivity contribution is 7.23. The first kappa shape index (κ1) is 12.8. The van der Waals surface area contributed by atoms with Crippen LogP contribution in [0.2, 0.25) is 5.02 Å². The number of fused-ring (bicyclic) bond motifs is 1. The third-order valence-corrected chi connectivity index (χ3v) is 4.74. The van der Waals surface area contributed by atoms with Gasteiger partial charge in [0.25, 0.3) is 0 Å². The molecule has 0 aliphatic carbocycles. The van der Waals surface area contributed by atoms with E-state index in [1.807, 2.05) is 26.0 Å². The molecule has 1 amide bonds. The third kappa shape index (κ3) is 2.12. The maximum absolute atomic E-state index is 12.1. The highest BCUT2D eigenvalue weighted by Crippen LogP contribution is 2.35. The van der Waals surface area contributed by atoms with E-state index >= 15 is 0 Å². The fourth-order valence-corrected chi connectivity index (χ4v) is 3.15. The van der Waals surface area contributed by atoms with Crippen molar-refractivity contribution in [1.82, 2.24) is 4.98 Å². The Morgan fingerprint density at radius 2 is 2.26 bits per heavy atom. The lowest BCUT2D eigenvalue weighted by Crippen LogP contribution is -2.49. The molecule has 0 bridgehead atoms. The molecule has 0 saturated carbocycles. The number of carbonyl (C=O) groups is 1. The van der Waals surface area contributed by atoms with Crippen LogP contribution in [0.3, 0.4) is 0 Å². The number of amides is 1. The van der Waals surface area contributed by atoms with Gasteiger partial charge in [0.05, 0.1) is 33.9 Å². The number of thiazole rings is 1. The summed E-state index contributed by atoms with van der Waals surface area (Å²) in [4.78, 5) is 16.6. The third-order valence-electron chi connectivity index (χ3n) is 3.31. The summed E-state index contributed by atoms with van der Waals surface area (Å²) in [5.74, 6) is -0.0495. The molecule has 1 aliphatic heterocycles. The molecular weight excluding hydrogens is 284 g/mol. The second kappa shape index (κ2) is 4.44. The zero-order valence-electron chi connectivity index (χ0n) is 10.6. The smallest absolute Gasteiger partial charge is 0.236 e. The maximum atomic E-state index is 12.1. The van der Waals surface area contributed by atoms with Crippen molar-refractivity contribution in [3.8, 4) is 0 Å². The predicted octanol–water partition coefficient (Wildman–Crippen LogP) is 3.23. The van der Waals surface area contributed by atoms with Crippen molar-refractivity contribution in [1.29, 1.82) is 0 Å². The molecule has 1 aliphatic rings. The van der Waals surface area contributed by atoms with Crippen molar-refractivity contribution in [2.45, 2.75) is 13.8 Å². The zero-order valence-corrected chi connectivity index (χ0v) is 12.2. The average Bonchev–Trinajstić information content (AvgIpc) is 2.76. The van der Waals surface area contributed by atoms with Crippen LogP contribution in [-0.2, 0) is 9.53 Å². The van der Waals surface area contributed by atoms with E-state index in [0.717, 1.165) is 15.8 Å². The lowest BCUT2D eigenvalue weighted by atomic mass is 9.88. The number of ether oxygens (including phenoxy) is 1. The highest BCUT2D eigenvalue weighted by atomic mass is 35.5. The van der Waals surface area contributed by atoms with E-state index in [0.29, 0.717) is 23.4 Å². The molecule has 0 atom stereocenters. The van der Waals surface area contributed by atoms with Crippen LogP contribution < -0.4 is 5.32 Å². The Labute approximate surface area is 119 Å². The molecule has 1 N–H and O–H groups in total. The van der Waals surface area contributed by atoms with E-state index in [2.05, 4.69) is 10.3 Å². The lowest BCUT2D eigenvalue weighted by molar-refractivity contribution is -0.151. The van der Waals surface area contributed by atoms with Gasteiger partial charge in [0.15, 0.2) is 5.13 Å². The van der Waals surface area contributed by atoms with Gasteiger partial charge in [-0.1, -0.05) is 29.0 Å². The summed E-state index contributed by atoms with van der Waals surface area (Å²) < 4.78 is 6.00. The van der Waals surface area contributed by atoms with Gasteiger partial charge in [-0.25, -0.2) is 4.98 Å². The second-order valence-electron chi connectivity index (χ2n) is 5.07. The van der Waals surface area contributed by atoms with Crippen LogP contribution >= 0.6 is 22.9 Å². The van der Waals surface area contributed by atoms with E-state index in [1.165, 1.54) is 11.3 Å². The van der Waals surface area contributed by atoms with Crippen LogP contribution in [-0.4, -0.2) is 24.1 Å². The SMILES string of the molecule is Cc1ccc(Cl)c2sc(NC(=O)C3(C)COC3)nc12. The Kier molecular flexibility index (Phi) is 3.00. The van der Waals surface area contributed by atoms with Crippen LogP contribution in [0.1, 0.15) is 12.5 Å². The summed E-state index contributed by atoms with van der Waals surface area (Å²) in [5, 5.41) is 4.11. The minimum Gasteiger partial charge on any atom is -0.379 e. The Bertz CT molecular complexity index is 625. The quantitative estimate of drug-likeness (QED) is 0.925. The van der Waals surface area contributed by atoms with Gasteiger partial charge in [0.1, 0.15) is 0 Å². The molecule has 1 saturated heterocycles. The molecule has 1 aromatic heterocycles. The average molecular weight is 297 g/mol. The first-order valence-corrected chi connectivity index (χ1v) is 7.14. The Hall–Kier alpha value is -1.17. The second-order valence-corrected chi connectivity index (χ2v) is 6.47. The standard InChI is InChI=1S/C13H13ClN2O2S/c1-7-3-4-8(14)10-9(7)15-12(19-10)16-11(17)13(2)5-18-6-13/h3-4H,5-6H2,1-2H3,(H,15,16,17). The molecule has 6 heteroatoms. The summed E-state index contributed by atoms with van der Waals surface area (Å²) >= 11 is 7.55. The fraction of sp³-hybridized carbons (Fsp3) is 0.385. The molecule has 0 unspecified atom stereocenters. The van der Waals surface area contributed by atoms with Gasteiger partial charge >= 0.3 is 0 Å². The predicted molar refractivity (Wildman–Crippen MR) is 76.9 cm³/mol. The number of halogens is 1. The number of hydrogen-bond acceptors (Lipinski definition) is 4. The molecule has 19 heavy (non-hydrogen) atoms. The normalized spacial score (nSPS) is 17.2. The first-order valence-electron chi connectivity index (χ1n) is 5.94. The number of carbonyl (C=O) groups excluding carboxylic acids is 1. The fourth-order valence-electron chi connectivity index (χ4n) is 1.94. The summed E-state index contributed by atoms with van der Waals surface area (Å²) in [6.07, 6.45) is 0. The van der Waals surface area contributed by atoms with Crippen molar-refractivity contribution in [3.05, 3.63) is 22.7 Å². The van der Waals surface area contributed by atoms with Gasteiger partial charge in [-0.2, -0.15) is 0 Å². The molecule has 1 fully saturated rings. The number of benzene rings is 1. The topological polar surface area (TPSA) is 51.2 Å². The van der Waals surface area contributed by atoms with Crippen LogP contribution in [0, 0.1) is 12.3 Å². The van der Waals surface area contributed by atoms with E-state index in [9.17, 15) is 4.79 Å². The molecule has 4 nitrogen and oxygen atoms in total. The minimum absolute atomic E-state index is 0.0495. The maximum Gasteiger partial charge on any atom is 0.236 e. The van der Waals surface area contributed by atoms with Crippen molar-refractivity contribution in [3.63, 3.8) is 0 Å². The number of nitrogens with one attached hydrogen (secondary N) is 1. The van der Waals surface area contributed by atoms with Crippen molar-refractivity contribution in [2.24, 2.45) is 5.41 Å². The van der Waals surface area contributed by atoms with Crippen LogP contribution in [0.5, 0.6) is 0 Å². The number of aryl methyl sites for hydroxylation is 1. The van der Waals surface area contributed by atoms with E-state index in [4.69, 9.17) is 16.3 Å². The molecule has 3 rings (SSSR count).